The Kier molecular flexibility index (Phi) is 5.49. The Morgan fingerprint density at radius 3 is 2.52 bits per heavy atom. The van der Waals surface area contributed by atoms with Crippen molar-refractivity contribution in [2.45, 2.75) is 33.1 Å². The molecule has 0 bridgehead atoms. The lowest BCUT2D eigenvalue weighted by Crippen LogP contribution is -2.27. The first-order valence-corrected chi connectivity index (χ1v) is 8.88. The van der Waals surface area contributed by atoms with Crippen molar-refractivity contribution in [3.05, 3.63) is 65.5 Å². The molecule has 3 aromatic rings. The lowest BCUT2D eigenvalue weighted by atomic mass is 10.0. The number of amides is 1. The summed E-state index contributed by atoms with van der Waals surface area (Å²) in [6.45, 7) is 5.01. The van der Waals surface area contributed by atoms with E-state index in [-0.39, 0.29) is 5.91 Å². The second kappa shape index (κ2) is 7.97. The van der Waals surface area contributed by atoms with Crippen LogP contribution in [0.5, 0.6) is 0 Å². The molecule has 0 saturated carbocycles. The number of carbonyl (C=O) groups is 1. The molecule has 1 amide bonds. The number of nitrogens with one attached hydrogen (secondary N) is 2. The summed E-state index contributed by atoms with van der Waals surface area (Å²) in [5.41, 5.74) is 4.37. The number of hydrogen-bond acceptors (Lipinski definition) is 2. The van der Waals surface area contributed by atoms with Gasteiger partial charge in [-0.05, 0) is 35.6 Å². The predicted molar refractivity (Wildman–Crippen MR) is 101 cm³/mol. The largest absolute Gasteiger partial charge is 0.355 e. The van der Waals surface area contributed by atoms with Crippen LogP contribution in [0, 0.1) is 5.92 Å². The first kappa shape index (κ1) is 17.2. The number of H-pyrrole nitrogens is 1. The number of imidazole rings is 1. The van der Waals surface area contributed by atoms with Crippen molar-refractivity contribution in [2.75, 3.05) is 6.54 Å². The van der Waals surface area contributed by atoms with Crippen LogP contribution in [0.2, 0.25) is 0 Å². The van der Waals surface area contributed by atoms with E-state index in [0.717, 1.165) is 28.8 Å². The van der Waals surface area contributed by atoms with E-state index in [1.165, 1.54) is 5.56 Å². The standard InChI is InChI=1S/C21H25N3O/c1-15(2)13-16-7-9-17(10-8-16)14-21(25)22-12-11-20-23-18-5-3-4-6-19(18)24-20/h3-10,15H,11-14H2,1-2H3,(H,22,25)(H,23,24). The minimum absolute atomic E-state index is 0.0488. The molecule has 1 aromatic heterocycles. The normalized spacial score (nSPS) is 11.2. The number of rotatable bonds is 7. The summed E-state index contributed by atoms with van der Waals surface area (Å²) in [5.74, 6) is 1.60. The molecular formula is C21H25N3O. The summed E-state index contributed by atoms with van der Waals surface area (Å²) in [7, 11) is 0. The Morgan fingerprint density at radius 2 is 1.80 bits per heavy atom. The monoisotopic (exact) mass is 335 g/mol. The highest BCUT2D eigenvalue weighted by molar-refractivity contribution is 5.78. The highest BCUT2D eigenvalue weighted by atomic mass is 16.1. The predicted octanol–water partition coefficient (Wildman–Crippen LogP) is 3.66. The van der Waals surface area contributed by atoms with Gasteiger partial charge >= 0.3 is 0 Å². The van der Waals surface area contributed by atoms with Crippen molar-refractivity contribution in [2.24, 2.45) is 5.92 Å². The van der Waals surface area contributed by atoms with Crippen molar-refractivity contribution < 1.29 is 4.79 Å². The van der Waals surface area contributed by atoms with Gasteiger partial charge in [-0.15, -0.1) is 0 Å². The van der Waals surface area contributed by atoms with E-state index in [1.54, 1.807) is 0 Å². The van der Waals surface area contributed by atoms with Crippen LogP contribution in [-0.4, -0.2) is 22.4 Å². The smallest absolute Gasteiger partial charge is 0.224 e. The molecular weight excluding hydrogens is 310 g/mol. The molecule has 2 N–H and O–H groups in total. The van der Waals surface area contributed by atoms with Crippen molar-refractivity contribution in [3.63, 3.8) is 0 Å². The van der Waals surface area contributed by atoms with Crippen molar-refractivity contribution in [1.29, 1.82) is 0 Å². The Morgan fingerprint density at radius 1 is 1.08 bits per heavy atom. The number of benzene rings is 2. The van der Waals surface area contributed by atoms with Crippen LogP contribution in [0.15, 0.2) is 48.5 Å². The van der Waals surface area contributed by atoms with Crippen LogP contribution in [0.4, 0.5) is 0 Å². The minimum atomic E-state index is 0.0488. The average molecular weight is 335 g/mol. The second-order valence-corrected chi connectivity index (χ2v) is 6.89. The van der Waals surface area contributed by atoms with Gasteiger partial charge in [-0.1, -0.05) is 50.2 Å². The summed E-state index contributed by atoms with van der Waals surface area (Å²) >= 11 is 0. The van der Waals surface area contributed by atoms with E-state index in [4.69, 9.17) is 0 Å². The highest BCUT2D eigenvalue weighted by Crippen LogP contribution is 2.11. The summed E-state index contributed by atoms with van der Waals surface area (Å²) in [6, 6.07) is 16.3. The summed E-state index contributed by atoms with van der Waals surface area (Å²) in [5, 5.41) is 2.97. The third kappa shape index (κ3) is 4.92. The van der Waals surface area contributed by atoms with E-state index >= 15 is 0 Å². The topological polar surface area (TPSA) is 57.8 Å². The molecule has 4 nitrogen and oxygen atoms in total. The SMILES string of the molecule is CC(C)Cc1ccc(CC(=O)NCCc2nc3ccccc3[nH]2)cc1. The van der Waals surface area contributed by atoms with Crippen LogP contribution in [0.3, 0.4) is 0 Å². The molecule has 0 unspecified atom stereocenters. The van der Waals surface area contributed by atoms with E-state index in [2.05, 4.69) is 53.4 Å². The molecule has 0 aliphatic heterocycles. The van der Waals surface area contributed by atoms with Gasteiger partial charge < -0.3 is 10.3 Å². The quantitative estimate of drug-likeness (QED) is 0.692. The molecule has 4 heteroatoms. The van der Waals surface area contributed by atoms with E-state index in [0.29, 0.717) is 25.3 Å². The molecule has 3 rings (SSSR count). The summed E-state index contributed by atoms with van der Waals surface area (Å²) in [6.07, 6.45) is 2.19. The zero-order valence-corrected chi connectivity index (χ0v) is 14.9. The number of nitrogens with zero attached hydrogens (tertiary/aromatic N) is 1. The maximum atomic E-state index is 12.1. The Balaban J connectivity index is 1.46. The molecule has 2 aromatic carbocycles. The van der Waals surface area contributed by atoms with Gasteiger partial charge in [0.1, 0.15) is 5.82 Å². The summed E-state index contributed by atoms with van der Waals surface area (Å²) < 4.78 is 0. The highest BCUT2D eigenvalue weighted by Gasteiger charge is 2.06. The summed E-state index contributed by atoms with van der Waals surface area (Å²) in [4.78, 5) is 19.9. The molecule has 0 spiro atoms. The van der Waals surface area contributed by atoms with E-state index in [1.807, 2.05) is 24.3 Å². The molecule has 25 heavy (non-hydrogen) atoms. The van der Waals surface area contributed by atoms with Gasteiger partial charge in [0, 0.05) is 13.0 Å². The first-order valence-electron chi connectivity index (χ1n) is 8.88. The van der Waals surface area contributed by atoms with Crippen LogP contribution < -0.4 is 5.32 Å². The van der Waals surface area contributed by atoms with Gasteiger partial charge in [-0.3, -0.25) is 4.79 Å². The number of para-hydroxylation sites is 2. The zero-order valence-electron chi connectivity index (χ0n) is 14.9. The first-order chi connectivity index (χ1) is 12.1. The Hall–Kier alpha value is -2.62. The number of aromatic nitrogens is 2. The molecule has 0 fully saturated rings. The van der Waals surface area contributed by atoms with Gasteiger partial charge in [0.05, 0.1) is 17.5 Å². The molecule has 1 heterocycles. The lowest BCUT2D eigenvalue weighted by Gasteiger charge is -2.07. The average Bonchev–Trinajstić information content (AvgIpc) is 2.99. The van der Waals surface area contributed by atoms with Crippen molar-refractivity contribution in [3.8, 4) is 0 Å². The number of aromatic amines is 1. The number of carbonyl (C=O) groups excluding carboxylic acids is 1. The van der Waals surface area contributed by atoms with E-state index in [9.17, 15) is 4.79 Å². The Bertz CT molecular complexity index is 801. The third-order valence-electron chi connectivity index (χ3n) is 4.15. The van der Waals surface area contributed by atoms with Gasteiger partial charge in [0.25, 0.3) is 0 Å². The van der Waals surface area contributed by atoms with Crippen LogP contribution in [0.25, 0.3) is 11.0 Å². The van der Waals surface area contributed by atoms with Crippen molar-refractivity contribution in [1.82, 2.24) is 15.3 Å². The number of hydrogen-bond donors (Lipinski definition) is 2. The fourth-order valence-corrected chi connectivity index (χ4v) is 2.96. The van der Waals surface area contributed by atoms with Crippen LogP contribution >= 0.6 is 0 Å². The molecule has 130 valence electrons. The lowest BCUT2D eigenvalue weighted by molar-refractivity contribution is -0.120. The number of fused-ring (bicyclic) bond motifs is 1. The molecule has 0 aliphatic carbocycles. The van der Waals surface area contributed by atoms with Crippen molar-refractivity contribution >= 4 is 16.9 Å². The van der Waals surface area contributed by atoms with Gasteiger partial charge in [-0.2, -0.15) is 0 Å². The maximum Gasteiger partial charge on any atom is 0.224 e. The maximum absolute atomic E-state index is 12.1. The van der Waals surface area contributed by atoms with Gasteiger partial charge in [0.15, 0.2) is 0 Å². The fraction of sp³-hybridized carbons (Fsp3) is 0.333. The fourth-order valence-electron chi connectivity index (χ4n) is 2.96. The molecule has 0 saturated heterocycles. The minimum Gasteiger partial charge on any atom is -0.355 e. The second-order valence-electron chi connectivity index (χ2n) is 6.89. The third-order valence-corrected chi connectivity index (χ3v) is 4.15. The zero-order chi connectivity index (χ0) is 17.6. The van der Waals surface area contributed by atoms with Crippen LogP contribution in [-0.2, 0) is 24.1 Å². The van der Waals surface area contributed by atoms with E-state index < -0.39 is 0 Å². The molecule has 0 radical (unpaired) electrons. The Labute approximate surface area is 148 Å². The molecule has 0 aliphatic rings. The molecule has 0 atom stereocenters. The van der Waals surface area contributed by atoms with Gasteiger partial charge in [-0.25, -0.2) is 4.98 Å². The van der Waals surface area contributed by atoms with Gasteiger partial charge in [0.2, 0.25) is 5.91 Å². The van der Waals surface area contributed by atoms with Crippen LogP contribution in [0.1, 0.15) is 30.8 Å².